The Morgan fingerprint density at radius 3 is 2.79 bits per heavy atom. The lowest BCUT2D eigenvalue weighted by Gasteiger charge is -2.43. The highest BCUT2D eigenvalue weighted by Gasteiger charge is 2.55. The fourth-order valence-electron chi connectivity index (χ4n) is 6.39. The van der Waals surface area contributed by atoms with Crippen LogP contribution in [-0.4, -0.2) is 14.8 Å². The molecule has 28 heavy (non-hydrogen) atoms. The van der Waals surface area contributed by atoms with E-state index in [0.717, 1.165) is 24.0 Å². The molecule has 7 heteroatoms. The second-order valence-electron chi connectivity index (χ2n) is 8.63. The highest BCUT2D eigenvalue weighted by Crippen LogP contribution is 2.65. The molecule has 2 aromatic heterocycles. The largest absolute Gasteiger partial charge is 0.435 e. The molecule has 2 N–H and O–H groups in total. The molecule has 2 bridgehead atoms. The van der Waals surface area contributed by atoms with E-state index in [4.69, 9.17) is 0 Å². The van der Waals surface area contributed by atoms with Gasteiger partial charge in [0.25, 0.3) is 0 Å². The molecule has 5 atom stereocenters. The number of alkyl halides is 3. The second kappa shape index (κ2) is 5.33. The molecule has 0 radical (unpaired) electrons. The summed E-state index contributed by atoms with van der Waals surface area (Å²) in [4.78, 5) is 3.28. The van der Waals surface area contributed by atoms with E-state index in [0.29, 0.717) is 17.8 Å². The van der Waals surface area contributed by atoms with Gasteiger partial charge < -0.3 is 10.3 Å². The molecule has 146 valence electrons. The molecule has 3 aromatic rings. The molecular formula is C21H21F3N4. The molecule has 2 aliphatic carbocycles. The number of anilines is 1. The molecule has 2 fully saturated rings. The molecule has 6 rings (SSSR count). The Morgan fingerprint density at radius 2 is 1.96 bits per heavy atom. The van der Waals surface area contributed by atoms with E-state index >= 15 is 0 Å². The third-order valence-corrected chi connectivity index (χ3v) is 7.25. The van der Waals surface area contributed by atoms with Crippen LogP contribution in [0.1, 0.15) is 48.0 Å². The van der Waals surface area contributed by atoms with Gasteiger partial charge in [-0.1, -0.05) is 0 Å². The summed E-state index contributed by atoms with van der Waals surface area (Å²) in [5.41, 5.74) is 2.91. The van der Waals surface area contributed by atoms with Gasteiger partial charge in [0.2, 0.25) is 0 Å². The first kappa shape index (κ1) is 16.5. The fourth-order valence-corrected chi connectivity index (χ4v) is 6.39. The van der Waals surface area contributed by atoms with Crippen LogP contribution >= 0.6 is 0 Å². The minimum Gasteiger partial charge on any atom is -0.378 e. The number of aromatic amines is 1. The van der Waals surface area contributed by atoms with Crippen molar-refractivity contribution in [1.82, 2.24) is 14.8 Å². The van der Waals surface area contributed by atoms with Crippen molar-refractivity contribution in [3.63, 3.8) is 0 Å². The van der Waals surface area contributed by atoms with Crippen LogP contribution in [0.4, 0.5) is 18.9 Å². The average molecular weight is 386 g/mol. The number of fused-ring (bicyclic) bond motifs is 9. The van der Waals surface area contributed by atoms with Crippen LogP contribution in [-0.2, 0) is 13.2 Å². The van der Waals surface area contributed by atoms with Gasteiger partial charge in [-0.05, 0) is 66.7 Å². The van der Waals surface area contributed by atoms with Crippen LogP contribution in [0.15, 0.2) is 30.6 Å². The predicted molar refractivity (Wildman–Crippen MR) is 99.9 cm³/mol. The number of hydrogen-bond donors (Lipinski definition) is 2. The van der Waals surface area contributed by atoms with E-state index in [-0.39, 0.29) is 17.5 Å². The molecule has 3 aliphatic rings. The van der Waals surface area contributed by atoms with Gasteiger partial charge in [0.1, 0.15) is 0 Å². The Morgan fingerprint density at radius 1 is 1.14 bits per heavy atom. The van der Waals surface area contributed by atoms with Gasteiger partial charge in [-0.2, -0.15) is 18.3 Å². The molecule has 1 aliphatic heterocycles. The molecule has 2 unspecified atom stereocenters. The summed E-state index contributed by atoms with van der Waals surface area (Å²) in [6, 6.07) is 5.78. The smallest absolute Gasteiger partial charge is 0.378 e. The van der Waals surface area contributed by atoms with Crippen molar-refractivity contribution in [2.24, 2.45) is 24.8 Å². The molecular weight excluding hydrogens is 365 g/mol. The van der Waals surface area contributed by atoms with Crippen molar-refractivity contribution in [3.8, 4) is 0 Å². The van der Waals surface area contributed by atoms with E-state index in [9.17, 15) is 13.2 Å². The zero-order valence-electron chi connectivity index (χ0n) is 15.4. The Bertz CT molecular complexity index is 1080. The molecule has 3 heterocycles. The zero-order chi connectivity index (χ0) is 19.2. The van der Waals surface area contributed by atoms with E-state index in [1.54, 1.807) is 13.2 Å². The fraction of sp³-hybridized carbons (Fsp3) is 0.476. The van der Waals surface area contributed by atoms with Crippen molar-refractivity contribution >= 4 is 16.6 Å². The van der Waals surface area contributed by atoms with E-state index < -0.39 is 11.9 Å². The number of H-pyrrole nitrogens is 1. The number of nitrogens with zero attached hydrogens (tertiary/aromatic N) is 2. The van der Waals surface area contributed by atoms with E-state index in [2.05, 4.69) is 21.5 Å². The molecule has 0 spiro atoms. The van der Waals surface area contributed by atoms with Gasteiger partial charge >= 0.3 is 6.18 Å². The van der Waals surface area contributed by atoms with Crippen molar-refractivity contribution < 1.29 is 13.2 Å². The van der Waals surface area contributed by atoms with Gasteiger partial charge in [-0.3, -0.25) is 4.68 Å². The minimum absolute atomic E-state index is 0.178. The SMILES string of the molecule is Cn1cc([C@@H]2Nc3ccc4[nH]ccc4c3[C@H]3C4CCC(C4)[C@@H]23)c(C(F)(F)F)n1. The summed E-state index contributed by atoms with van der Waals surface area (Å²) in [5, 5.41) is 8.49. The second-order valence-corrected chi connectivity index (χ2v) is 8.63. The maximum absolute atomic E-state index is 13.7. The lowest BCUT2D eigenvalue weighted by molar-refractivity contribution is -0.142. The van der Waals surface area contributed by atoms with Crippen LogP contribution < -0.4 is 5.32 Å². The van der Waals surface area contributed by atoms with Crippen LogP contribution in [0.2, 0.25) is 0 Å². The quantitative estimate of drug-likeness (QED) is 0.603. The topological polar surface area (TPSA) is 45.6 Å². The summed E-state index contributed by atoms with van der Waals surface area (Å²) in [6.45, 7) is 0. The molecule has 1 aromatic carbocycles. The Labute approximate surface area is 160 Å². The molecule has 0 amide bonds. The first-order valence-electron chi connectivity index (χ1n) is 9.89. The number of aryl methyl sites for hydroxylation is 1. The first-order valence-corrected chi connectivity index (χ1v) is 9.89. The summed E-state index contributed by atoms with van der Waals surface area (Å²) in [7, 11) is 1.57. The molecule has 0 saturated heterocycles. The maximum atomic E-state index is 13.7. The number of rotatable bonds is 1. The molecule has 2 saturated carbocycles. The standard InChI is InChI=1S/C21H21F3N4/c1-28-9-13(20(27-28)21(22,23)24)19-17-11-3-2-10(8-11)16(17)18-12-6-7-25-14(12)4-5-15(18)26-19/h4-7,9-11,16-17,19,25-26H,2-3,8H2,1H3/t10?,11?,16-,17+,19-/m0/s1. The summed E-state index contributed by atoms with van der Waals surface area (Å²) < 4.78 is 42.4. The summed E-state index contributed by atoms with van der Waals surface area (Å²) >= 11 is 0. The normalized spacial score (nSPS) is 31.1. The number of halogens is 3. The Balaban J connectivity index is 1.56. The minimum atomic E-state index is -4.45. The third-order valence-electron chi connectivity index (χ3n) is 7.25. The van der Waals surface area contributed by atoms with Gasteiger partial charge in [-0.15, -0.1) is 0 Å². The lowest BCUT2D eigenvalue weighted by atomic mass is 9.67. The van der Waals surface area contributed by atoms with Gasteiger partial charge in [0.05, 0.1) is 6.04 Å². The monoisotopic (exact) mass is 386 g/mol. The van der Waals surface area contributed by atoms with Crippen LogP contribution in [0.5, 0.6) is 0 Å². The number of nitrogens with one attached hydrogen (secondary N) is 2. The zero-order valence-corrected chi connectivity index (χ0v) is 15.4. The van der Waals surface area contributed by atoms with Crippen LogP contribution in [0.3, 0.4) is 0 Å². The number of benzene rings is 1. The number of hydrogen-bond acceptors (Lipinski definition) is 2. The third kappa shape index (κ3) is 2.10. The lowest BCUT2D eigenvalue weighted by Crippen LogP contribution is -2.36. The van der Waals surface area contributed by atoms with Crippen molar-refractivity contribution in [3.05, 3.63) is 47.4 Å². The first-order chi connectivity index (χ1) is 13.4. The Hall–Kier alpha value is -2.44. The highest BCUT2D eigenvalue weighted by atomic mass is 19.4. The number of aromatic nitrogens is 3. The van der Waals surface area contributed by atoms with Gasteiger partial charge in [-0.25, -0.2) is 0 Å². The summed E-state index contributed by atoms with van der Waals surface area (Å²) in [5.74, 6) is 1.51. The van der Waals surface area contributed by atoms with E-state index in [1.807, 2.05) is 18.3 Å². The van der Waals surface area contributed by atoms with Gasteiger partial charge in [0, 0.05) is 41.6 Å². The molecule has 4 nitrogen and oxygen atoms in total. The van der Waals surface area contributed by atoms with Crippen molar-refractivity contribution in [2.75, 3.05) is 5.32 Å². The predicted octanol–water partition coefficient (Wildman–Crippen LogP) is 5.22. The van der Waals surface area contributed by atoms with E-state index in [1.165, 1.54) is 22.1 Å². The van der Waals surface area contributed by atoms with Gasteiger partial charge in [0.15, 0.2) is 5.69 Å². The Kier molecular flexibility index (Phi) is 3.14. The maximum Gasteiger partial charge on any atom is 0.435 e. The van der Waals surface area contributed by atoms with Crippen molar-refractivity contribution in [1.29, 1.82) is 0 Å². The summed E-state index contributed by atoms with van der Waals surface area (Å²) in [6.07, 6.45) is 2.47. The van der Waals surface area contributed by atoms with Crippen molar-refractivity contribution in [2.45, 2.75) is 37.4 Å². The average Bonchev–Trinajstić information content (AvgIpc) is 3.42. The highest BCUT2D eigenvalue weighted by molar-refractivity contribution is 5.89. The van der Waals surface area contributed by atoms with Crippen LogP contribution in [0, 0.1) is 17.8 Å². The van der Waals surface area contributed by atoms with Crippen LogP contribution in [0.25, 0.3) is 10.9 Å².